The first kappa shape index (κ1) is 41.9. The maximum absolute atomic E-state index is 14.2. The number of rotatable bonds is 13. The number of hydrogen-bond acceptors (Lipinski definition) is 3. The van der Waals surface area contributed by atoms with Crippen LogP contribution in [0.15, 0.2) is 10.9 Å². The molecular weight excluding hydrogens is 744 g/mol. The molecule has 0 rings (SSSR count). The molecule has 0 heterocycles. The summed E-state index contributed by atoms with van der Waals surface area (Å²) in [7, 11) is -9.04. The van der Waals surface area contributed by atoms with Crippen molar-refractivity contribution >= 4 is 27.6 Å². The molecule has 0 spiro atoms. The van der Waals surface area contributed by atoms with E-state index < -0.39 is 104 Å². The zero-order chi connectivity index (χ0) is 36.5. The Balaban J connectivity index is 7.50. The molecule has 0 saturated heterocycles. The molecular formula is C15H6ClF22NO4S. The number of nitrogens with zero attached hydrogens (tertiary/aromatic N) is 1. The average molecular weight is 750 g/mol. The van der Waals surface area contributed by atoms with Crippen LogP contribution >= 0.6 is 11.6 Å². The molecule has 0 saturated carbocycles. The third-order valence-electron chi connectivity index (χ3n) is 4.94. The minimum absolute atomic E-state index is 0.406. The maximum Gasteiger partial charge on any atom is 0.460 e. The van der Waals surface area contributed by atoms with Gasteiger partial charge in [-0.2, -0.15) is 92.2 Å². The van der Waals surface area contributed by atoms with Gasteiger partial charge in [-0.05, 0) is 0 Å². The van der Waals surface area contributed by atoms with Crippen LogP contribution in [-0.2, 0) is 14.8 Å². The SMILES string of the molecule is CCN(C(F)(F)C(F)(F)C(F)=C(Cl)C(=O)O)S(=O)(=O)C(F)(F)C(F)(F)C(F)(F)C(F)(F)C(F)(F)C(F)(F)C(F)(F)C(F)(F)F. The van der Waals surface area contributed by atoms with E-state index in [4.69, 9.17) is 5.11 Å². The molecule has 0 aliphatic carbocycles. The van der Waals surface area contributed by atoms with Crippen LogP contribution in [0.5, 0.6) is 0 Å². The van der Waals surface area contributed by atoms with Crippen LogP contribution in [0.2, 0.25) is 0 Å². The van der Waals surface area contributed by atoms with Gasteiger partial charge in [-0.3, -0.25) is 0 Å². The van der Waals surface area contributed by atoms with Crippen LogP contribution in [0, 0.1) is 0 Å². The molecule has 0 aliphatic heterocycles. The van der Waals surface area contributed by atoms with Crippen molar-refractivity contribution in [2.24, 2.45) is 0 Å². The summed E-state index contributed by atoms with van der Waals surface area (Å²) in [5.41, 5.74) is 0. The van der Waals surface area contributed by atoms with E-state index in [2.05, 4.69) is 11.6 Å². The molecule has 0 radical (unpaired) electrons. The number of alkyl halides is 21. The Morgan fingerprint density at radius 1 is 0.636 bits per heavy atom. The van der Waals surface area contributed by atoms with Gasteiger partial charge in [-0.25, -0.2) is 17.6 Å². The van der Waals surface area contributed by atoms with Gasteiger partial charge in [-0.15, -0.1) is 4.31 Å². The van der Waals surface area contributed by atoms with E-state index in [1.54, 1.807) is 0 Å². The van der Waals surface area contributed by atoms with Gasteiger partial charge in [0.2, 0.25) is 5.83 Å². The summed E-state index contributed by atoms with van der Waals surface area (Å²) in [6.45, 7) is -3.31. The van der Waals surface area contributed by atoms with Crippen molar-refractivity contribution in [3.63, 3.8) is 0 Å². The van der Waals surface area contributed by atoms with Gasteiger partial charge in [-0.1, -0.05) is 18.5 Å². The van der Waals surface area contributed by atoms with E-state index in [9.17, 15) is 110 Å². The smallest absolute Gasteiger partial charge is 0.460 e. The first-order chi connectivity index (χ1) is 18.7. The largest absolute Gasteiger partial charge is 0.477 e. The van der Waals surface area contributed by atoms with Crippen molar-refractivity contribution in [2.45, 2.75) is 65.9 Å². The van der Waals surface area contributed by atoms with E-state index in [-0.39, 0.29) is 0 Å². The number of carboxylic acids is 1. The molecule has 262 valence electrons. The van der Waals surface area contributed by atoms with Crippen molar-refractivity contribution < 1.29 is 115 Å². The van der Waals surface area contributed by atoms with E-state index in [1.807, 2.05) is 0 Å². The predicted octanol–water partition coefficient (Wildman–Crippen LogP) is 7.34. The van der Waals surface area contributed by atoms with Crippen molar-refractivity contribution in [3.05, 3.63) is 10.9 Å². The Morgan fingerprint density at radius 2 is 0.932 bits per heavy atom. The fraction of sp³-hybridized carbons (Fsp3) is 0.800. The topological polar surface area (TPSA) is 74.7 Å². The fourth-order valence-corrected chi connectivity index (χ4v) is 4.09. The lowest BCUT2D eigenvalue weighted by Crippen LogP contribution is -2.75. The van der Waals surface area contributed by atoms with Crippen molar-refractivity contribution in [3.8, 4) is 0 Å². The molecule has 0 aromatic carbocycles. The summed E-state index contributed by atoms with van der Waals surface area (Å²) >= 11 is 4.35. The summed E-state index contributed by atoms with van der Waals surface area (Å²) in [6, 6.07) is -7.44. The van der Waals surface area contributed by atoms with E-state index >= 15 is 0 Å². The van der Waals surface area contributed by atoms with Gasteiger partial charge in [0, 0.05) is 6.54 Å². The van der Waals surface area contributed by atoms with Crippen LogP contribution in [0.1, 0.15) is 6.92 Å². The fourth-order valence-electron chi connectivity index (χ4n) is 2.49. The summed E-state index contributed by atoms with van der Waals surface area (Å²) in [6.07, 6.45) is -8.12. The monoisotopic (exact) mass is 749 g/mol. The van der Waals surface area contributed by atoms with Gasteiger partial charge in [0.05, 0.1) is 0 Å². The second kappa shape index (κ2) is 11.0. The Hall–Kier alpha value is -2.13. The standard InChI is InChI=1S/C15H6ClF22NO4S/c1-2-39(14(35,36)6(18,19)4(17)3(16)5(40)41)44(42,43)15(37,38)12(30,31)10(26,27)8(22,23)7(20,21)9(24,25)11(28,29)13(32,33)34/h2H2,1H3,(H,40,41). The number of carbonyl (C=O) groups is 1. The van der Waals surface area contributed by atoms with Crippen LogP contribution < -0.4 is 0 Å². The predicted molar refractivity (Wildman–Crippen MR) is 93.5 cm³/mol. The molecule has 0 aromatic rings. The molecule has 5 nitrogen and oxygen atoms in total. The summed E-state index contributed by atoms with van der Waals surface area (Å²) in [4.78, 5) is 10.4. The molecule has 29 heteroatoms. The Labute approximate surface area is 231 Å². The third kappa shape index (κ3) is 5.27. The minimum atomic E-state index is -9.35. The van der Waals surface area contributed by atoms with Crippen LogP contribution in [0.4, 0.5) is 96.6 Å². The van der Waals surface area contributed by atoms with Gasteiger partial charge in [0.25, 0.3) is 10.0 Å². The van der Waals surface area contributed by atoms with Gasteiger partial charge < -0.3 is 5.11 Å². The lowest BCUT2D eigenvalue weighted by atomic mass is 9.91. The normalized spacial score (nSPS) is 16.8. The third-order valence-corrected chi connectivity index (χ3v) is 7.24. The number of hydrogen-bond donors (Lipinski definition) is 1. The Kier molecular flexibility index (Phi) is 10.5. The first-order valence-electron chi connectivity index (χ1n) is 9.49. The molecule has 0 bridgehead atoms. The quantitative estimate of drug-likeness (QED) is 0.122. The maximum atomic E-state index is 14.2. The highest BCUT2D eigenvalue weighted by atomic mass is 35.5. The summed E-state index contributed by atoms with van der Waals surface area (Å²) in [5, 5.41) is -3.50. The lowest BCUT2D eigenvalue weighted by Gasteiger charge is -2.43. The molecule has 0 unspecified atom stereocenters. The zero-order valence-corrected chi connectivity index (χ0v) is 21.0. The van der Waals surface area contributed by atoms with Gasteiger partial charge in [0.1, 0.15) is 0 Å². The Morgan fingerprint density at radius 3 is 1.20 bits per heavy atom. The Bertz CT molecular complexity index is 1260. The van der Waals surface area contributed by atoms with Crippen molar-refractivity contribution in [1.29, 1.82) is 0 Å². The van der Waals surface area contributed by atoms with Crippen molar-refractivity contribution in [2.75, 3.05) is 6.54 Å². The summed E-state index contributed by atoms with van der Waals surface area (Å²) in [5.74, 6) is -69.2. The molecule has 0 aliphatic rings. The molecule has 0 fully saturated rings. The average Bonchev–Trinajstić information content (AvgIpc) is 2.81. The minimum Gasteiger partial charge on any atom is -0.477 e. The second-order valence-corrected chi connectivity index (χ2v) is 9.96. The van der Waals surface area contributed by atoms with E-state index in [0.29, 0.717) is 0 Å². The summed E-state index contributed by atoms with van der Waals surface area (Å²) < 4.78 is 317. The molecule has 0 atom stereocenters. The second-order valence-electron chi connectivity index (χ2n) is 7.68. The highest BCUT2D eigenvalue weighted by Crippen LogP contribution is 2.65. The highest BCUT2D eigenvalue weighted by molar-refractivity contribution is 7.90. The molecule has 0 amide bonds. The van der Waals surface area contributed by atoms with Crippen LogP contribution in [-0.4, -0.2) is 89.3 Å². The first-order valence-corrected chi connectivity index (χ1v) is 11.3. The number of sulfonamides is 1. The van der Waals surface area contributed by atoms with Crippen molar-refractivity contribution in [1.82, 2.24) is 4.31 Å². The van der Waals surface area contributed by atoms with Crippen LogP contribution in [0.3, 0.4) is 0 Å². The van der Waals surface area contributed by atoms with Gasteiger partial charge >= 0.3 is 64.9 Å². The number of carboxylic acid groups (broad SMARTS) is 1. The lowest BCUT2D eigenvalue weighted by molar-refractivity contribution is -0.458. The van der Waals surface area contributed by atoms with Gasteiger partial charge in [0.15, 0.2) is 5.03 Å². The molecule has 1 N–H and O–H groups in total. The highest BCUT2D eigenvalue weighted by Gasteiger charge is 2.96. The van der Waals surface area contributed by atoms with Crippen LogP contribution in [0.25, 0.3) is 0 Å². The number of aliphatic carboxylic acids is 1. The van der Waals surface area contributed by atoms with E-state index in [1.165, 1.54) is 0 Å². The molecule has 44 heavy (non-hydrogen) atoms. The van der Waals surface area contributed by atoms with E-state index in [0.717, 1.165) is 0 Å². The molecule has 0 aromatic heterocycles. The zero-order valence-electron chi connectivity index (χ0n) is 19.4. The number of halogens is 23.